The standard InChI is InChI=1S/C17H22N6/c1-13-8-20-23(10-13)11-14(2)19-9-16-12-22(3)21-17(16)15-4-6-18-7-5-15/h4-8,10,12,14,19H,9,11H2,1-3H3/t14-/m0/s1. The number of aryl methyl sites for hydroxylation is 2. The van der Waals surface area contributed by atoms with Gasteiger partial charge in [-0.3, -0.25) is 14.3 Å². The molecular weight excluding hydrogens is 288 g/mol. The van der Waals surface area contributed by atoms with E-state index in [1.807, 2.05) is 34.7 Å². The van der Waals surface area contributed by atoms with Crippen molar-refractivity contribution in [2.45, 2.75) is 33.0 Å². The van der Waals surface area contributed by atoms with Gasteiger partial charge in [-0.1, -0.05) is 0 Å². The second-order valence-corrected chi connectivity index (χ2v) is 5.93. The zero-order chi connectivity index (χ0) is 16.2. The Morgan fingerprint density at radius 3 is 2.70 bits per heavy atom. The Kier molecular flexibility index (Phi) is 4.52. The summed E-state index contributed by atoms with van der Waals surface area (Å²) < 4.78 is 3.83. The molecule has 1 atom stereocenters. The Balaban J connectivity index is 1.66. The van der Waals surface area contributed by atoms with Crippen molar-refractivity contribution in [3.63, 3.8) is 0 Å². The first kappa shape index (κ1) is 15.4. The summed E-state index contributed by atoms with van der Waals surface area (Å²) in [5.74, 6) is 0. The van der Waals surface area contributed by atoms with Crippen LogP contribution in [0.1, 0.15) is 18.1 Å². The van der Waals surface area contributed by atoms with Crippen LogP contribution in [0.5, 0.6) is 0 Å². The number of nitrogens with zero attached hydrogens (tertiary/aromatic N) is 5. The molecule has 0 bridgehead atoms. The third-order valence-corrected chi connectivity index (χ3v) is 3.72. The third kappa shape index (κ3) is 3.84. The molecule has 0 saturated heterocycles. The molecule has 0 spiro atoms. The van der Waals surface area contributed by atoms with E-state index in [4.69, 9.17) is 0 Å². The van der Waals surface area contributed by atoms with Gasteiger partial charge in [0.2, 0.25) is 0 Å². The van der Waals surface area contributed by atoms with Crippen molar-refractivity contribution in [1.29, 1.82) is 0 Å². The minimum Gasteiger partial charge on any atom is -0.308 e. The van der Waals surface area contributed by atoms with Gasteiger partial charge in [0.1, 0.15) is 0 Å². The van der Waals surface area contributed by atoms with Gasteiger partial charge in [-0.05, 0) is 31.5 Å². The maximum atomic E-state index is 4.58. The molecule has 0 radical (unpaired) electrons. The molecule has 120 valence electrons. The molecule has 3 rings (SSSR count). The average Bonchev–Trinajstić information content (AvgIpc) is 3.12. The zero-order valence-electron chi connectivity index (χ0n) is 13.8. The molecular formula is C17H22N6. The van der Waals surface area contributed by atoms with E-state index in [0.717, 1.165) is 24.3 Å². The van der Waals surface area contributed by atoms with Crippen molar-refractivity contribution in [3.8, 4) is 11.3 Å². The van der Waals surface area contributed by atoms with Crippen LogP contribution in [0.4, 0.5) is 0 Å². The van der Waals surface area contributed by atoms with Gasteiger partial charge in [0.25, 0.3) is 0 Å². The molecule has 0 aliphatic carbocycles. The van der Waals surface area contributed by atoms with Gasteiger partial charge in [-0.15, -0.1) is 0 Å². The Labute approximate surface area is 136 Å². The zero-order valence-corrected chi connectivity index (χ0v) is 13.8. The monoisotopic (exact) mass is 310 g/mol. The maximum absolute atomic E-state index is 4.58. The average molecular weight is 310 g/mol. The second kappa shape index (κ2) is 6.75. The molecule has 3 aromatic rings. The predicted molar refractivity (Wildman–Crippen MR) is 89.7 cm³/mol. The van der Waals surface area contributed by atoms with Gasteiger partial charge in [0, 0.05) is 55.5 Å². The smallest absolute Gasteiger partial charge is 0.0969 e. The van der Waals surface area contributed by atoms with Crippen molar-refractivity contribution in [2.24, 2.45) is 7.05 Å². The fraction of sp³-hybridized carbons (Fsp3) is 0.353. The summed E-state index contributed by atoms with van der Waals surface area (Å²) in [6, 6.07) is 4.30. The Morgan fingerprint density at radius 1 is 1.22 bits per heavy atom. The summed E-state index contributed by atoms with van der Waals surface area (Å²) in [6.45, 7) is 5.84. The summed E-state index contributed by atoms with van der Waals surface area (Å²) in [5, 5.41) is 12.5. The highest BCUT2D eigenvalue weighted by atomic mass is 15.3. The van der Waals surface area contributed by atoms with Crippen LogP contribution in [0.25, 0.3) is 11.3 Å². The molecule has 3 aromatic heterocycles. The molecule has 0 saturated carbocycles. The molecule has 0 amide bonds. The molecule has 0 aliphatic heterocycles. The SMILES string of the molecule is Cc1cnn(C[C@H](C)NCc2cn(C)nc2-c2ccncc2)c1. The van der Waals surface area contributed by atoms with Gasteiger partial charge < -0.3 is 5.32 Å². The second-order valence-electron chi connectivity index (χ2n) is 5.93. The molecule has 6 heteroatoms. The quantitative estimate of drug-likeness (QED) is 0.758. The van der Waals surface area contributed by atoms with Crippen LogP contribution < -0.4 is 5.32 Å². The number of pyridine rings is 1. The van der Waals surface area contributed by atoms with Gasteiger partial charge in [0.15, 0.2) is 0 Å². The molecule has 1 N–H and O–H groups in total. The first-order valence-electron chi connectivity index (χ1n) is 7.77. The predicted octanol–water partition coefficient (Wildman–Crippen LogP) is 2.17. The lowest BCUT2D eigenvalue weighted by Gasteiger charge is -2.13. The van der Waals surface area contributed by atoms with Gasteiger partial charge >= 0.3 is 0 Å². The topological polar surface area (TPSA) is 60.6 Å². The molecule has 0 unspecified atom stereocenters. The largest absolute Gasteiger partial charge is 0.308 e. The van der Waals surface area contributed by atoms with Crippen LogP contribution in [0.2, 0.25) is 0 Å². The molecule has 0 aromatic carbocycles. The van der Waals surface area contributed by atoms with Gasteiger partial charge in [-0.2, -0.15) is 10.2 Å². The summed E-state index contributed by atoms with van der Waals surface area (Å²) in [4.78, 5) is 4.07. The molecule has 0 fully saturated rings. The summed E-state index contributed by atoms with van der Waals surface area (Å²) in [5.41, 5.74) is 4.46. The Bertz CT molecular complexity index is 758. The van der Waals surface area contributed by atoms with Crippen LogP contribution in [0, 0.1) is 6.92 Å². The van der Waals surface area contributed by atoms with Gasteiger partial charge in [0.05, 0.1) is 18.4 Å². The van der Waals surface area contributed by atoms with E-state index < -0.39 is 0 Å². The summed E-state index contributed by atoms with van der Waals surface area (Å²) >= 11 is 0. The fourth-order valence-electron chi connectivity index (χ4n) is 2.62. The van der Waals surface area contributed by atoms with Crippen molar-refractivity contribution >= 4 is 0 Å². The lowest BCUT2D eigenvalue weighted by atomic mass is 10.1. The van der Waals surface area contributed by atoms with E-state index in [9.17, 15) is 0 Å². The highest BCUT2D eigenvalue weighted by Crippen LogP contribution is 2.21. The third-order valence-electron chi connectivity index (χ3n) is 3.72. The van der Waals surface area contributed by atoms with E-state index in [-0.39, 0.29) is 0 Å². The van der Waals surface area contributed by atoms with Crippen LogP contribution in [0.3, 0.4) is 0 Å². The van der Waals surface area contributed by atoms with Crippen LogP contribution >= 0.6 is 0 Å². The molecule has 3 heterocycles. The van der Waals surface area contributed by atoms with Crippen molar-refractivity contribution in [3.05, 3.63) is 54.2 Å². The summed E-state index contributed by atoms with van der Waals surface area (Å²) in [6.07, 6.45) is 9.60. The van der Waals surface area contributed by atoms with Crippen LogP contribution in [-0.4, -0.2) is 30.6 Å². The lowest BCUT2D eigenvalue weighted by Crippen LogP contribution is -2.30. The minimum absolute atomic E-state index is 0.319. The number of aromatic nitrogens is 5. The number of hydrogen-bond acceptors (Lipinski definition) is 4. The molecule has 23 heavy (non-hydrogen) atoms. The Morgan fingerprint density at radius 2 is 2.00 bits per heavy atom. The number of rotatable bonds is 6. The van der Waals surface area contributed by atoms with E-state index >= 15 is 0 Å². The van der Waals surface area contributed by atoms with E-state index in [1.54, 1.807) is 12.4 Å². The first-order valence-corrected chi connectivity index (χ1v) is 7.77. The molecule has 0 aliphatic rings. The van der Waals surface area contributed by atoms with Crippen LogP contribution in [-0.2, 0) is 20.1 Å². The van der Waals surface area contributed by atoms with Crippen molar-refractivity contribution in [2.75, 3.05) is 0 Å². The van der Waals surface area contributed by atoms with E-state index in [1.165, 1.54) is 11.1 Å². The van der Waals surface area contributed by atoms with E-state index in [0.29, 0.717) is 6.04 Å². The van der Waals surface area contributed by atoms with Crippen molar-refractivity contribution in [1.82, 2.24) is 29.9 Å². The highest BCUT2D eigenvalue weighted by molar-refractivity contribution is 5.61. The lowest BCUT2D eigenvalue weighted by molar-refractivity contribution is 0.451. The van der Waals surface area contributed by atoms with Gasteiger partial charge in [-0.25, -0.2) is 0 Å². The summed E-state index contributed by atoms with van der Waals surface area (Å²) in [7, 11) is 1.95. The van der Waals surface area contributed by atoms with E-state index in [2.05, 4.69) is 46.7 Å². The minimum atomic E-state index is 0.319. The van der Waals surface area contributed by atoms with Crippen molar-refractivity contribution < 1.29 is 0 Å². The first-order chi connectivity index (χ1) is 11.1. The van der Waals surface area contributed by atoms with Crippen LogP contribution in [0.15, 0.2) is 43.1 Å². The number of hydrogen-bond donors (Lipinski definition) is 1. The fourth-order valence-corrected chi connectivity index (χ4v) is 2.62. The highest BCUT2D eigenvalue weighted by Gasteiger charge is 2.11. The maximum Gasteiger partial charge on any atom is 0.0969 e. The number of nitrogens with one attached hydrogen (secondary N) is 1. The molecule has 6 nitrogen and oxygen atoms in total. The normalized spacial score (nSPS) is 12.5. The Hall–Kier alpha value is -2.47.